The molecule has 2 amide bonds. The number of imide groups is 1. The van der Waals surface area contributed by atoms with Gasteiger partial charge in [-0.2, -0.15) is 0 Å². The lowest BCUT2D eigenvalue weighted by atomic mass is 9.54. The van der Waals surface area contributed by atoms with Crippen LogP contribution >= 0.6 is 0 Å². The highest BCUT2D eigenvalue weighted by molar-refractivity contribution is 6.23. The zero-order chi connectivity index (χ0) is 21.4. The number of hydrogen-bond acceptors (Lipinski definition) is 2. The molecule has 3 aliphatic carbocycles. The molecule has 4 atom stereocenters. The van der Waals surface area contributed by atoms with Crippen molar-refractivity contribution in [2.75, 3.05) is 4.90 Å². The number of benzene rings is 3. The Morgan fingerprint density at radius 3 is 1.84 bits per heavy atom. The standard InChI is InChI=1S/C28H25NO2/c1-15(2)17-10-13-21-22(14-17)24-20-7-5-4-6-19(20)23(21)25-26(24)28(31)29(27(25)30)18-11-8-16(3)9-12-18/h4-15,23-26H,1-3H3/t23-,24-,25+,26+/m1/s1. The van der Waals surface area contributed by atoms with Gasteiger partial charge in [0.2, 0.25) is 11.8 Å². The first-order valence-corrected chi connectivity index (χ1v) is 11.1. The molecule has 3 nitrogen and oxygen atoms in total. The van der Waals surface area contributed by atoms with Crippen LogP contribution in [0, 0.1) is 18.8 Å². The predicted octanol–water partition coefficient (Wildman–Crippen LogP) is 5.52. The Balaban J connectivity index is 1.56. The van der Waals surface area contributed by atoms with Crippen molar-refractivity contribution in [1.29, 1.82) is 0 Å². The summed E-state index contributed by atoms with van der Waals surface area (Å²) in [6, 6.07) is 22.8. The molecule has 7 rings (SSSR count). The fourth-order valence-corrected chi connectivity index (χ4v) is 6.05. The minimum Gasteiger partial charge on any atom is -0.274 e. The number of nitrogens with zero attached hydrogens (tertiary/aromatic N) is 1. The largest absolute Gasteiger partial charge is 0.274 e. The van der Waals surface area contributed by atoms with E-state index in [4.69, 9.17) is 0 Å². The molecule has 3 aromatic rings. The molecule has 0 radical (unpaired) electrons. The molecule has 3 heteroatoms. The quantitative estimate of drug-likeness (QED) is 0.525. The van der Waals surface area contributed by atoms with E-state index in [0.29, 0.717) is 11.6 Å². The third-order valence-corrected chi connectivity index (χ3v) is 7.52. The SMILES string of the molecule is Cc1ccc(N2C(=O)[C@H]3[C@@H]4c5ccccc5[C@H](c5cc(C(C)C)ccc54)[C@@H]3C2=O)cc1. The Morgan fingerprint density at radius 2 is 1.26 bits per heavy atom. The van der Waals surface area contributed by atoms with Gasteiger partial charge in [0.1, 0.15) is 0 Å². The molecule has 4 aliphatic rings. The second kappa shape index (κ2) is 6.40. The average Bonchev–Trinajstić information content (AvgIpc) is 3.05. The minimum absolute atomic E-state index is 0.0519. The summed E-state index contributed by atoms with van der Waals surface area (Å²) >= 11 is 0. The zero-order valence-corrected chi connectivity index (χ0v) is 18.0. The van der Waals surface area contributed by atoms with E-state index in [-0.39, 0.29) is 35.5 Å². The maximum absolute atomic E-state index is 13.8. The Hall–Kier alpha value is -3.20. The van der Waals surface area contributed by atoms with E-state index in [1.165, 1.54) is 32.7 Å². The van der Waals surface area contributed by atoms with Crippen LogP contribution in [0.2, 0.25) is 0 Å². The van der Waals surface area contributed by atoms with Crippen molar-refractivity contribution >= 4 is 17.5 Å². The maximum Gasteiger partial charge on any atom is 0.238 e. The van der Waals surface area contributed by atoms with E-state index in [1.54, 1.807) is 0 Å². The summed E-state index contributed by atoms with van der Waals surface area (Å²) in [5, 5.41) is 0. The van der Waals surface area contributed by atoms with E-state index in [1.807, 2.05) is 31.2 Å². The number of aryl methyl sites for hydroxylation is 1. The van der Waals surface area contributed by atoms with Gasteiger partial charge in [-0.05, 0) is 52.8 Å². The van der Waals surface area contributed by atoms with E-state index in [0.717, 1.165) is 5.56 Å². The number of carbonyl (C=O) groups is 2. The van der Waals surface area contributed by atoms with Gasteiger partial charge in [-0.15, -0.1) is 0 Å². The molecule has 0 spiro atoms. The number of rotatable bonds is 2. The maximum atomic E-state index is 13.8. The van der Waals surface area contributed by atoms with E-state index in [9.17, 15) is 9.59 Å². The van der Waals surface area contributed by atoms with Gasteiger partial charge in [0, 0.05) is 11.8 Å². The lowest BCUT2D eigenvalue weighted by Gasteiger charge is -2.46. The first-order chi connectivity index (χ1) is 15.0. The van der Waals surface area contributed by atoms with Gasteiger partial charge in [0.15, 0.2) is 0 Å². The van der Waals surface area contributed by atoms with Crippen LogP contribution in [0.15, 0.2) is 66.7 Å². The molecule has 0 aromatic heterocycles. The van der Waals surface area contributed by atoms with E-state index >= 15 is 0 Å². The topological polar surface area (TPSA) is 37.4 Å². The molecule has 3 aromatic carbocycles. The van der Waals surface area contributed by atoms with Crippen molar-refractivity contribution in [3.05, 3.63) is 100 Å². The number of hydrogen-bond donors (Lipinski definition) is 0. The Bertz CT molecular complexity index is 1240. The molecule has 154 valence electrons. The summed E-state index contributed by atoms with van der Waals surface area (Å²) < 4.78 is 0. The molecular weight excluding hydrogens is 382 g/mol. The highest BCUT2D eigenvalue weighted by Gasteiger charge is 2.61. The Labute approximate surface area is 182 Å². The van der Waals surface area contributed by atoms with Crippen molar-refractivity contribution in [3.8, 4) is 0 Å². The molecule has 1 fully saturated rings. The fraction of sp³-hybridized carbons (Fsp3) is 0.286. The van der Waals surface area contributed by atoms with Gasteiger partial charge in [0.25, 0.3) is 0 Å². The molecule has 0 saturated carbocycles. The molecule has 2 bridgehead atoms. The highest BCUT2D eigenvalue weighted by Crippen LogP contribution is 2.61. The number of anilines is 1. The lowest BCUT2D eigenvalue weighted by Crippen LogP contribution is -2.41. The van der Waals surface area contributed by atoms with Gasteiger partial charge in [-0.3, -0.25) is 9.59 Å². The molecule has 0 N–H and O–H groups in total. The van der Waals surface area contributed by atoms with Crippen molar-refractivity contribution in [2.24, 2.45) is 11.8 Å². The van der Waals surface area contributed by atoms with Gasteiger partial charge in [-0.1, -0.05) is 74.0 Å². The third kappa shape index (κ3) is 2.40. The summed E-state index contributed by atoms with van der Waals surface area (Å²) in [5.41, 5.74) is 7.98. The van der Waals surface area contributed by atoms with Crippen LogP contribution in [-0.2, 0) is 9.59 Å². The lowest BCUT2D eigenvalue weighted by molar-refractivity contribution is -0.122. The van der Waals surface area contributed by atoms with Crippen molar-refractivity contribution in [3.63, 3.8) is 0 Å². The van der Waals surface area contributed by atoms with Gasteiger partial charge in [-0.25, -0.2) is 4.90 Å². The van der Waals surface area contributed by atoms with Crippen LogP contribution in [-0.4, -0.2) is 11.8 Å². The second-order valence-corrected chi connectivity index (χ2v) is 9.53. The Morgan fingerprint density at radius 1 is 0.710 bits per heavy atom. The second-order valence-electron chi connectivity index (χ2n) is 9.53. The molecule has 1 heterocycles. The van der Waals surface area contributed by atoms with E-state index in [2.05, 4.69) is 56.3 Å². The van der Waals surface area contributed by atoms with Crippen LogP contribution in [0.1, 0.15) is 65.0 Å². The predicted molar refractivity (Wildman–Crippen MR) is 121 cm³/mol. The number of amides is 2. The first-order valence-electron chi connectivity index (χ1n) is 11.1. The number of carbonyl (C=O) groups excluding carboxylic acids is 2. The van der Waals surface area contributed by atoms with Crippen LogP contribution in [0.3, 0.4) is 0 Å². The summed E-state index contributed by atoms with van der Waals surface area (Å²) in [6.07, 6.45) is 0. The van der Waals surface area contributed by atoms with Gasteiger partial charge in [0.05, 0.1) is 17.5 Å². The van der Waals surface area contributed by atoms with Crippen LogP contribution in [0.5, 0.6) is 0 Å². The monoisotopic (exact) mass is 407 g/mol. The summed E-state index contributed by atoms with van der Waals surface area (Å²) in [7, 11) is 0. The van der Waals surface area contributed by atoms with Crippen molar-refractivity contribution in [2.45, 2.75) is 38.5 Å². The summed E-state index contributed by atoms with van der Waals surface area (Å²) in [4.78, 5) is 28.9. The van der Waals surface area contributed by atoms with Crippen LogP contribution in [0.25, 0.3) is 0 Å². The fourth-order valence-electron chi connectivity index (χ4n) is 6.05. The van der Waals surface area contributed by atoms with Gasteiger partial charge < -0.3 is 0 Å². The van der Waals surface area contributed by atoms with Crippen LogP contribution < -0.4 is 4.90 Å². The normalized spacial score (nSPS) is 25.6. The average molecular weight is 408 g/mol. The Kier molecular flexibility index (Phi) is 3.83. The van der Waals surface area contributed by atoms with Crippen molar-refractivity contribution in [1.82, 2.24) is 0 Å². The molecule has 0 unspecified atom stereocenters. The smallest absolute Gasteiger partial charge is 0.238 e. The minimum atomic E-state index is -0.330. The van der Waals surface area contributed by atoms with E-state index < -0.39 is 0 Å². The molecular formula is C28H25NO2. The molecule has 1 aliphatic heterocycles. The highest BCUT2D eigenvalue weighted by atomic mass is 16.2. The first kappa shape index (κ1) is 18.6. The van der Waals surface area contributed by atoms with Crippen LogP contribution in [0.4, 0.5) is 5.69 Å². The summed E-state index contributed by atoms with van der Waals surface area (Å²) in [6.45, 7) is 6.41. The third-order valence-electron chi connectivity index (χ3n) is 7.52. The molecule has 31 heavy (non-hydrogen) atoms. The zero-order valence-electron chi connectivity index (χ0n) is 18.0. The summed E-state index contributed by atoms with van der Waals surface area (Å²) in [5.74, 6) is -0.469. The van der Waals surface area contributed by atoms with Gasteiger partial charge >= 0.3 is 0 Å². The van der Waals surface area contributed by atoms with Crippen molar-refractivity contribution < 1.29 is 9.59 Å². The molecule has 1 saturated heterocycles.